The highest BCUT2D eigenvalue weighted by atomic mass is 16.5. The van der Waals surface area contributed by atoms with Crippen LogP contribution in [-0.2, 0) is 19.9 Å². The Kier molecular flexibility index (Phi) is 5.60. The van der Waals surface area contributed by atoms with E-state index in [0.717, 1.165) is 17.7 Å². The van der Waals surface area contributed by atoms with Crippen molar-refractivity contribution in [2.45, 2.75) is 44.2 Å². The molecular weight excluding hydrogens is 400 g/mol. The van der Waals surface area contributed by atoms with Gasteiger partial charge in [0.05, 0.1) is 7.11 Å². The van der Waals surface area contributed by atoms with E-state index in [1.807, 2.05) is 0 Å². The smallest absolute Gasteiger partial charge is 0.325 e. The third-order valence-corrected chi connectivity index (χ3v) is 6.38. The molecule has 1 aromatic carbocycles. The first-order valence-corrected chi connectivity index (χ1v) is 10.7. The van der Waals surface area contributed by atoms with Crippen LogP contribution in [0.2, 0.25) is 0 Å². The van der Waals surface area contributed by atoms with Gasteiger partial charge in [0.1, 0.15) is 17.8 Å². The molecule has 4 rings (SSSR count). The van der Waals surface area contributed by atoms with Crippen molar-refractivity contribution in [2.24, 2.45) is 5.92 Å². The van der Waals surface area contributed by atoms with Crippen molar-refractivity contribution in [2.75, 3.05) is 26.7 Å². The molecule has 5 amide bonds. The summed E-state index contributed by atoms with van der Waals surface area (Å²) in [4.78, 5) is 52.9. The molecule has 3 aliphatic rings. The number of benzene rings is 1. The Hall–Kier alpha value is -3.10. The third-order valence-electron chi connectivity index (χ3n) is 6.38. The molecule has 0 radical (unpaired) electrons. The first-order valence-electron chi connectivity index (χ1n) is 10.7. The zero-order chi connectivity index (χ0) is 22.2. The van der Waals surface area contributed by atoms with Gasteiger partial charge in [0, 0.05) is 25.0 Å². The fourth-order valence-corrected chi connectivity index (χ4v) is 4.13. The van der Waals surface area contributed by atoms with Gasteiger partial charge in [-0.1, -0.05) is 12.1 Å². The van der Waals surface area contributed by atoms with Gasteiger partial charge < -0.3 is 20.3 Å². The van der Waals surface area contributed by atoms with E-state index in [1.165, 1.54) is 0 Å². The fourth-order valence-electron chi connectivity index (χ4n) is 4.13. The zero-order valence-corrected chi connectivity index (χ0v) is 17.8. The maximum atomic E-state index is 13.0. The lowest BCUT2D eigenvalue weighted by atomic mass is 9.92. The van der Waals surface area contributed by atoms with Crippen molar-refractivity contribution in [3.63, 3.8) is 0 Å². The molecule has 9 nitrogen and oxygen atoms in total. The van der Waals surface area contributed by atoms with Crippen molar-refractivity contribution in [3.05, 3.63) is 29.8 Å². The third kappa shape index (κ3) is 4.22. The van der Waals surface area contributed by atoms with E-state index in [2.05, 4.69) is 10.6 Å². The number of nitrogens with zero attached hydrogens (tertiary/aromatic N) is 2. The quantitative estimate of drug-likeness (QED) is 0.657. The van der Waals surface area contributed by atoms with E-state index < -0.39 is 17.5 Å². The van der Waals surface area contributed by atoms with E-state index in [1.54, 1.807) is 43.2 Å². The molecule has 9 heteroatoms. The van der Waals surface area contributed by atoms with E-state index in [-0.39, 0.29) is 30.3 Å². The van der Waals surface area contributed by atoms with Crippen LogP contribution in [0, 0.1) is 5.92 Å². The minimum absolute atomic E-state index is 0.0761. The SMILES string of the molecule is COc1ccc(C2(C)NC(=O)N(CC(=O)N3CCC(NC(=O)C4CC4)CC3)C2=O)cc1. The maximum Gasteiger partial charge on any atom is 0.325 e. The first-order chi connectivity index (χ1) is 14.8. The van der Waals surface area contributed by atoms with Crippen LogP contribution in [0.25, 0.3) is 0 Å². The molecule has 0 bridgehead atoms. The summed E-state index contributed by atoms with van der Waals surface area (Å²) < 4.78 is 5.14. The van der Waals surface area contributed by atoms with E-state index in [0.29, 0.717) is 37.2 Å². The van der Waals surface area contributed by atoms with Gasteiger partial charge in [-0.2, -0.15) is 0 Å². The molecule has 1 atom stereocenters. The van der Waals surface area contributed by atoms with Crippen molar-refractivity contribution in [3.8, 4) is 5.75 Å². The minimum Gasteiger partial charge on any atom is -0.497 e. The van der Waals surface area contributed by atoms with Crippen molar-refractivity contribution in [1.82, 2.24) is 20.4 Å². The molecule has 1 unspecified atom stereocenters. The number of methoxy groups -OCH3 is 1. The number of hydrogen-bond donors (Lipinski definition) is 2. The summed E-state index contributed by atoms with van der Waals surface area (Å²) in [6, 6.07) is 6.39. The molecular formula is C22H28N4O5. The molecule has 1 saturated carbocycles. The number of amides is 5. The molecule has 0 spiro atoms. The predicted molar refractivity (Wildman–Crippen MR) is 111 cm³/mol. The summed E-state index contributed by atoms with van der Waals surface area (Å²) in [5.41, 5.74) is -0.613. The van der Waals surface area contributed by atoms with Crippen LogP contribution in [0.1, 0.15) is 38.2 Å². The Bertz CT molecular complexity index is 890. The van der Waals surface area contributed by atoms with Gasteiger partial charge in [-0.15, -0.1) is 0 Å². The van der Waals surface area contributed by atoms with Gasteiger partial charge in [-0.25, -0.2) is 4.79 Å². The normalized spacial score (nSPS) is 24.2. The predicted octanol–water partition coefficient (Wildman–Crippen LogP) is 0.979. The minimum atomic E-state index is -1.23. The number of carbonyl (C=O) groups excluding carboxylic acids is 4. The highest BCUT2D eigenvalue weighted by Crippen LogP contribution is 2.31. The van der Waals surface area contributed by atoms with Crippen LogP contribution >= 0.6 is 0 Å². The first kappa shape index (κ1) is 21.1. The van der Waals surface area contributed by atoms with Crippen molar-refractivity contribution >= 4 is 23.8 Å². The van der Waals surface area contributed by atoms with Crippen LogP contribution in [0.3, 0.4) is 0 Å². The summed E-state index contributed by atoms with van der Waals surface area (Å²) in [7, 11) is 1.55. The topological polar surface area (TPSA) is 108 Å². The van der Waals surface area contributed by atoms with Gasteiger partial charge in [-0.05, 0) is 50.3 Å². The van der Waals surface area contributed by atoms with Gasteiger partial charge >= 0.3 is 6.03 Å². The second-order valence-electron chi connectivity index (χ2n) is 8.61. The monoisotopic (exact) mass is 428 g/mol. The summed E-state index contributed by atoms with van der Waals surface area (Å²) in [6.45, 7) is 2.32. The van der Waals surface area contributed by atoms with Crippen LogP contribution in [0.15, 0.2) is 24.3 Å². The van der Waals surface area contributed by atoms with Gasteiger partial charge in [0.15, 0.2) is 0 Å². The van der Waals surface area contributed by atoms with E-state index in [4.69, 9.17) is 4.74 Å². The molecule has 2 aliphatic heterocycles. The number of hydrogen-bond acceptors (Lipinski definition) is 5. The second kappa shape index (κ2) is 8.20. The largest absolute Gasteiger partial charge is 0.497 e. The van der Waals surface area contributed by atoms with E-state index in [9.17, 15) is 19.2 Å². The number of nitrogens with one attached hydrogen (secondary N) is 2. The average molecular weight is 428 g/mol. The Morgan fingerprint density at radius 1 is 1.13 bits per heavy atom. The van der Waals surface area contributed by atoms with Gasteiger partial charge in [-0.3, -0.25) is 19.3 Å². The molecule has 1 aromatic rings. The molecule has 2 heterocycles. The van der Waals surface area contributed by atoms with Crippen LogP contribution in [0.4, 0.5) is 4.79 Å². The number of likely N-dealkylation sites (tertiary alicyclic amines) is 1. The van der Waals surface area contributed by atoms with Gasteiger partial charge in [0.25, 0.3) is 5.91 Å². The standard InChI is InChI=1S/C22H28N4O5/c1-22(15-5-7-17(31-2)8-6-15)20(29)26(21(30)24-22)13-18(27)25-11-9-16(10-12-25)23-19(28)14-3-4-14/h5-8,14,16H,3-4,9-13H2,1-2H3,(H,23,28)(H,24,30). The highest BCUT2D eigenvalue weighted by molar-refractivity contribution is 6.09. The maximum absolute atomic E-state index is 13.0. The molecule has 2 saturated heterocycles. The molecule has 0 aromatic heterocycles. The van der Waals surface area contributed by atoms with Gasteiger partial charge in [0.2, 0.25) is 11.8 Å². The summed E-state index contributed by atoms with van der Waals surface area (Å²) in [6.07, 6.45) is 3.27. The number of piperidine rings is 1. The number of urea groups is 1. The summed E-state index contributed by atoms with van der Waals surface area (Å²) in [5, 5.41) is 5.77. The van der Waals surface area contributed by atoms with Crippen molar-refractivity contribution in [1.29, 1.82) is 0 Å². The Morgan fingerprint density at radius 3 is 2.35 bits per heavy atom. The molecule has 31 heavy (non-hydrogen) atoms. The number of rotatable bonds is 6. The number of imide groups is 1. The Labute approximate surface area is 181 Å². The lowest BCUT2D eigenvalue weighted by Gasteiger charge is -2.33. The molecule has 2 N–H and O–H groups in total. The lowest BCUT2D eigenvalue weighted by Crippen LogP contribution is -2.50. The number of ether oxygens (including phenoxy) is 1. The highest BCUT2D eigenvalue weighted by Gasteiger charge is 2.49. The van der Waals surface area contributed by atoms with Crippen LogP contribution in [-0.4, -0.2) is 66.3 Å². The Balaban J connectivity index is 1.34. The second-order valence-corrected chi connectivity index (χ2v) is 8.61. The molecule has 166 valence electrons. The lowest BCUT2D eigenvalue weighted by molar-refractivity contribution is -0.139. The Morgan fingerprint density at radius 2 is 1.77 bits per heavy atom. The summed E-state index contributed by atoms with van der Waals surface area (Å²) in [5.74, 6) is 0.200. The molecule has 3 fully saturated rings. The van der Waals surface area contributed by atoms with E-state index >= 15 is 0 Å². The number of carbonyl (C=O) groups is 4. The average Bonchev–Trinajstić information content (AvgIpc) is 3.60. The van der Waals surface area contributed by atoms with Crippen molar-refractivity contribution < 1.29 is 23.9 Å². The van der Waals surface area contributed by atoms with Crippen LogP contribution < -0.4 is 15.4 Å². The molecule has 1 aliphatic carbocycles. The zero-order valence-electron chi connectivity index (χ0n) is 17.8. The van der Waals surface area contributed by atoms with Crippen LogP contribution in [0.5, 0.6) is 5.75 Å². The summed E-state index contributed by atoms with van der Waals surface area (Å²) >= 11 is 0. The fraction of sp³-hybridized carbons (Fsp3) is 0.545.